The Bertz CT molecular complexity index is 907. The standard InChI is InChI=1S/C20H21ClN2O3S/c1-4-25-17-7-5-6-13-14-11-20(2,26-18(13)17)23(19(27)22-14)15-10-12(21)8-9-16(15)24-3/h5-10,14H,4,11H2,1-3H3,(H,22,27). The summed E-state index contributed by atoms with van der Waals surface area (Å²) < 4.78 is 17.9. The molecule has 27 heavy (non-hydrogen) atoms. The van der Waals surface area contributed by atoms with E-state index in [1.54, 1.807) is 13.2 Å². The van der Waals surface area contributed by atoms with Gasteiger partial charge >= 0.3 is 0 Å². The number of nitrogens with one attached hydrogen (secondary N) is 1. The van der Waals surface area contributed by atoms with Crippen LogP contribution in [0, 0.1) is 0 Å². The topological polar surface area (TPSA) is 43.0 Å². The number of rotatable bonds is 4. The van der Waals surface area contributed by atoms with Crippen molar-refractivity contribution in [2.45, 2.75) is 32.0 Å². The molecule has 0 saturated carbocycles. The van der Waals surface area contributed by atoms with Crippen LogP contribution in [0.25, 0.3) is 0 Å². The first-order chi connectivity index (χ1) is 13.0. The second kappa shape index (κ2) is 6.77. The van der Waals surface area contributed by atoms with E-state index < -0.39 is 5.72 Å². The van der Waals surface area contributed by atoms with Gasteiger partial charge in [0, 0.05) is 17.0 Å². The van der Waals surface area contributed by atoms with Gasteiger partial charge in [-0.2, -0.15) is 0 Å². The van der Waals surface area contributed by atoms with E-state index in [0.29, 0.717) is 28.9 Å². The maximum Gasteiger partial charge on any atom is 0.188 e. The molecular weight excluding hydrogens is 384 g/mol. The van der Waals surface area contributed by atoms with E-state index in [4.69, 9.17) is 38.0 Å². The molecule has 0 aromatic heterocycles. The Kier molecular flexibility index (Phi) is 4.56. The average Bonchev–Trinajstić information content (AvgIpc) is 2.62. The van der Waals surface area contributed by atoms with Crippen molar-refractivity contribution in [2.75, 3.05) is 18.6 Å². The van der Waals surface area contributed by atoms with Crippen LogP contribution in [-0.4, -0.2) is 24.6 Å². The maximum absolute atomic E-state index is 6.53. The molecule has 2 aromatic rings. The summed E-state index contributed by atoms with van der Waals surface area (Å²) in [4.78, 5) is 1.94. The molecule has 5 nitrogen and oxygen atoms in total. The van der Waals surface area contributed by atoms with E-state index in [2.05, 4.69) is 5.32 Å². The molecule has 0 aliphatic carbocycles. The molecule has 0 spiro atoms. The Labute approximate surface area is 169 Å². The fourth-order valence-corrected chi connectivity index (χ4v) is 4.43. The highest BCUT2D eigenvalue weighted by molar-refractivity contribution is 7.80. The number of para-hydroxylation sites is 1. The SMILES string of the molecule is CCOc1cccc2c1OC1(C)CC2NC(=S)N1c1cc(Cl)ccc1OC. The second-order valence-corrected chi connectivity index (χ2v) is 7.57. The normalized spacial score (nSPS) is 23.2. The zero-order valence-electron chi connectivity index (χ0n) is 15.4. The van der Waals surface area contributed by atoms with Gasteiger partial charge in [0.25, 0.3) is 0 Å². The lowest BCUT2D eigenvalue weighted by molar-refractivity contribution is 0.0453. The number of benzene rings is 2. The summed E-state index contributed by atoms with van der Waals surface area (Å²) >= 11 is 12.0. The lowest BCUT2D eigenvalue weighted by Crippen LogP contribution is -2.65. The van der Waals surface area contributed by atoms with E-state index in [9.17, 15) is 0 Å². The van der Waals surface area contributed by atoms with Gasteiger partial charge in [0.2, 0.25) is 0 Å². The first-order valence-corrected chi connectivity index (χ1v) is 9.64. The molecule has 0 amide bonds. The van der Waals surface area contributed by atoms with Crippen molar-refractivity contribution in [1.29, 1.82) is 0 Å². The van der Waals surface area contributed by atoms with Crippen molar-refractivity contribution >= 4 is 34.6 Å². The zero-order chi connectivity index (χ0) is 19.2. The quantitative estimate of drug-likeness (QED) is 0.746. The van der Waals surface area contributed by atoms with Crippen LogP contribution in [0.2, 0.25) is 5.02 Å². The largest absolute Gasteiger partial charge is 0.495 e. The Hall–Kier alpha value is -2.18. The van der Waals surface area contributed by atoms with Crippen LogP contribution in [0.3, 0.4) is 0 Å². The van der Waals surface area contributed by atoms with Gasteiger partial charge in [-0.25, -0.2) is 0 Å². The molecule has 2 unspecified atom stereocenters. The third-order valence-corrected chi connectivity index (χ3v) is 5.48. The Morgan fingerprint density at radius 2 is 2.15 bits per heavy atom. The molecule has 2 heterocycles. The van der Waals surface area contributed by atoms with Crippen molar-refractivity contribution in [1.82, 2.24) is 5.32 Å². The molecule has 2 bridgehead atoms. The van der Waals surface area contributed by atoms with Crippen LogP contribution in [0.4, 0.5) is 5.69 Å². The van der Waals surface area contributed by atoms with Gasteiger partial charge in [-0.1, -0.05) is 23.7 Å². The van der Waals surface area contributed by atoms with Gasteiger partial charge in [0.05, 0.1) is 25.4 Å². The van der Waals surface area contributed by atoms with Gasteiger partial charge in [-0.15, -0.1) is 0 Å². The van der Waals surface area contributed by atoms with Gasteiger partial charge in [-0.3, -0.25) is 4.90 Å². The highest BCUT2D eigenvalue weighted by Gasteiger charge is 2.49. The molecule has 2 aromatic carbocycles. The van der Waals surface area contributed by atoms with Crippen LogP contribution >= 0.6 is 23.8 Å². The molecule has 7 heteroatoms. The van der Waals surface area contributed by atoms with Crippen molar-refractivity contribution < 1.29 is 14.2 Å². The minimum atomic E-state index is -0.703. The number of methoxy groups -OCH3 is 1. The van der Waals surface area contributed by atoms with E-state index in [-0.39, 0.29) is 6.04 Å². The Balaban J connectivity index is 1.83. The first-order valence-electron chi connectivity index (χ1n) is 8.86. The van der Waals surface area contributed by atoms with Crippen LogP contribution < -0.4 is 24.4 Å². The van der Waals surface area contributed by atoms with Crippen LogP contribution in [0.5, 0.6) is 17.2 Å². The van der Waals surface area contributed by atoms with Gasteiger partial charge < -0.3 is 19.5 Å². The van der Waals surface area contributed by atoms with Crippen molar-refractivity contribution in [3.63, 3.8) is 0 Å². The van der Waals surface area contributed by atoms with E-state index in [1.807, 2.05) is 49.1 Å². The fraction of sp³-hybridized carbons (Fsp3) is 0.350. The van der Waals surface area contributed by atoms with Gasteiger partial charge in [0.1, 0.15) is 5.75 Å². The summed E-state index contributed by atoms with van der Waals surface area (Å²) in [5, 5.41) is 4.61. The highest BCUT2D eigenvalue weighted by Crippen LogP contribution is 2.50. The molecule has 1 fully saturated rings. The highest BCUT2D eigenvalue weighted by atomic mass is 35.5. The number of hydrogen-bond acceptors (Lipinski definition) is 4. The average molecular weight is 405 g/mol. The third-order valence-electron chi connectivity index (χ3n) is 4.95. The zero-order valence-corrected chi connectivity index (χ0v) is 17.0. The minimum Gasteiger partial charge on any atom is -0.495 e. The molecule has 142 valence electrons. The molecule has 4 rings (SSSR count). The van der Waals surface area contributed by atoms with Gasteiger partial charge in [-0.05, 0) is 50.3 Å². The molecule has 0 radical (unpaired) electrons. The Morgan fingerprint density at radius 3 is 2.89 bits per heavy atom. The van der Waals surface area contributed by atoms with Crippen LogP contribution in [-0.2, 0) is 0 Å². The predicted molar refractivity (Wildman–Crippen MR) is 110 cm³/mol. The smallest absolute Gasteiger partial charge is 0.188 e. The summed E-state index contributed by atoms with van der Waals surface area (Å²) in [5.74, 6) is 2.16. The van der Waals surface area contributed by atoms with E-state index in [1.165, 1.54) is 0 Å². The predicted octanol–water partition coefficient (Wildman–Crippen LogP) is 4.68. The second-order valence-electron chi connectivity index (χ2n) is 6.74. The molecule has 2 aliphatic heterocycles. The molecule has 1 N–H and O–H groups in total. The number of ether oxygens (including phenoxy) is 3. The summed E-state index contributed by atoms with van der Waals surface area (Å²) in [7, 11) is 1.63. The fourth-order valence-electron chi connectivity index (χ4n) is 3.83. The third kappa shape index (κ3) is 2.97. The summed E-state index contributed by atoms with van der Waals surface area (Å²) in [6, 6.07) is 11.5. The number of fused-ring (bicyclic) bond motifs is 4. The summed E-state index contributed by atoms with van der Waals surface area (Å²) in [6.45, 7) is 4.55. The molecule has 2 aliphatic rings. The maximum atomic E-state index is 6.53. The van der Waals surface area contributed by atoms with Crippen LogP contribution in [0.15, 0.2) is 36.4 Å². The molecule has 2 atom stereocenters. The Morgan fingerprint density at radius 1 is 1.33 bits per heavy atom. The molecule has 1 saturated heterocycles. The molecular formula is C20H21ClN2O3S. The van der Waals surface area contributed by atoms with Crippen molar-refractivity contribution in [3.8, 4) is 17.2 Å². The number of thiocarbonyl (C=S) groups is 1. The summed E-state index contributed by atoms with van der Waals surface area (Å²) in [6.07, 6.45) is 0.714. The van der Waals surface area contributed by atoms with E-state index in [0.717, 1.165) is 22.7 Å². The van der Waals surface area contributed by atoms with E-state index >= 15 is 0 Å². The summed E-state index contributed by atoms with van der Waals surface area (Å²) in [5.41, 5.74) is 1.12. The van der Waals surface area contributed by atoms with Crippen molar-refractivity contribution in [2.24, 2.45) is 0 Å². The van der Waals surface area contributed by atoms with Crippen molar-refractivity contribution in [3.05, 3.63) is 47.0 Å². The van der Waals surface area contributed by atoms with Gasteiger partial charge in [0.15, 0.2) is 22.3 Å². The lowest BCUT2D eigenvalue weighted by atomic mass is 9.90. The number of anilines is 1. The van der Waals surface area contributed by atoms with Crippen LogP contribution in [0.1, 0.15) is 31.9 Å². The minimum absolute atomic E-state index is 0.0492. The number of nitrogens with zero attached hydrogens (tertiary/aromatic N) is 1. The monoisotopic (exact) mass is 404 g/mol. The first kappa shape index (κ1) is 18.2. The number of hydrogen-bond donors (Lipinski definition) is 1. The number of halogens is 1. The lowest BCUT2D eigenvalue weighted by Gasteiger charge is -2.52.